The summed E-state index contributed by atoms with van der Waals surface area (Å²) in [5, 5.41) is 9.82. The van der Waals surface area contributed by atoms with Crippen LogP contribution in [0.3, 0.4) is 0 Å². The molecule has 0 bridgehead atoms. The number of hydrogen-bond acceptors (Lipinski definition) is 6. The molecule has 2 aliphatic rings. The lowest BCUT2D eigenvalue weighted by Gasteiger charge is -2.41. The Morgan fingerprint density at radius 3 is 2.50 bits per heavy atom. The number of likely N-dealkylation sites (N-methyl/N-ethyl adjacent to an activating group) is 1. The normalized spacial score (nSPS) is 23.2. The smallest absolute Gasteiger partial charge is 0.239 e. The fraction of sp³-hybridized carbons (Fsp3) is 0.280. The lowest BCUT2D eigenvalue weighted by Crippen LogP contribution is -2.52. The van der Waals surface area contributed by atoms with Crippen LogP contribution in [0.4, 0.5) is 0 Å². The molecule has 1 saturated carbocycles. The zero-order valence-electron chi connectivity index (χ0n) is 18.1. The van der Waals surface area contributed by atoms with E-state index in [1.54, 1.807) is 25.5 Å². The lowest BCUT2D eigenvalue weighted by molar-refractivity contribution is -0.130. The number of nitrogens with two attached hydrogens (primary N) is 1. The fourth-order valence-electron chi connectivity index (χ4n) is 4.47. The molecule has 0 spiro atoms. The van der Waals surface area contributed by atoms with Crippen LogP contribution in [0.2, 0.25) is 0 Å². The maximum absolute atomic E-state index is 13.5. The van der Waals surface area contributed by atoms with Gasteiger partial charge in [0.25, 0.3) is 0 Å². The zero-order chi connectivity index (χ0) is 22.5. The van der Waals surface area contributed by atoms with E-state index in [9.17, 15) is 9.90 Å². The van der Waals surface area contributed by atoms with E-state index in [1.165, 1.54) is 29.5 Å². The Morgan fingerprint density at radius 1 is 1.09 bits per heavy atom. The van der Waals surface area contributed by atoms with Crippen LogP contribution in [-0.2, 0) is 10.3 Å². The highest BCUT2D eigenvalue weighted by Crippen LogP contribution is 2.45. The predicted molar refractivity (Wildman–Crippen MR) is 122 cm³/mol. The Bertz CT molecular complexity index is 1220. The Labute approximate surface area is 186 Å². The minimum absolute atomic E-state index is 0.0614. The third-order valence-corrected chi connectivity index (χ3v) is 6.51. The van der Waals surface area contributed by atoms with E-state index in [0.717, 1.165) is 11.1 Å². The number of aliphatic imine (C=N–C) groups is 1. The van der Waals surface area contributed by atoms with E-state index in [-0.39, 0.29) is 17.6 Å². The van der Waals surface area contributed by atoms with Gasteiger partial charge in [-0.05, 0) is 60.6 Å². The van der Waals surface area contributed by atoms with Crippen molar-refractivity contribution in [3.8, 4) is 17.0 Å². The van der Waals surface area contributed by atoms with E-state index in [2.05, 4.69) is 22.1 Å². The van der Waals surface area contributed by atoms with Gasteiger partial charge in [-0.2, -0.15) is 0 Å². The summed E-state index contributed by atoms with van der Waals surface area (Å²) in [6, 6.07) is 13.7. The highest BCUT2D eigenvalue weighted by molar-refractivity contribution is 6.02. The second-order valence-electron chi connectivity index (χ2n) is 8.75. The summed E-state index contributed by atoms with van der Waals surface area (Å²) in [5.41, 5.74) is 9.59. The molecule has 7 nitrogen and oxygen atoms in total. The Morgan fingerprint density at radius 2 is 1.81 bits per heavy atom. The Balaban J connectivity index is 1.62. The molecule has 0 radical (unpaired) electrons. The Kier molecular flexibility index (Phi) is 4.69. The molecule has 32 heavy (non-hydrogen) atoms. The van der Waals surface area contributed by atoms with E-state index in [1.807, 2.05) is 31.2 Å². The predicted octanol–water partition coefficient (Wildman–Crippen LogP) is 3.51. The summed E-state index contributed by atoms with van der Waals surface area (Å²) in [7, 11) is 1.66. The van der Waals surface area contributed by atoms with Crippen LogP contribution in [0, 0.1) is 0 Å². The van der Waals surface area contributed by atoms with Gasteiger partial charge in [-0.3, -0.25) is 19.7 Å². The van der Waals surface area contributed by atoms with Crippen LogP contribution in [0.15, 0.2) is 66.0 Å². The maximum Gasteiger partial charge on any atom is 0.239 e. The molecular formula is C25H25N5O2. The van der Waals surface area contributed by atoms with Crippen molar-refractivity contribution < 1.29 is 9.90 Å². The largest absolute Gasteiger partial charge is 0.506 e. The first-order valence-electron chi connectivity index (χ1n) is 10.7. The van der Waals surface area contributed by atoms with Gasteiger partial charge in [-0.25, -0.2) is 4.99 Å². The first-order valence-corrected chi connectivity index (χ1v) is 10.7. The van der Waals surface area contributed by atoms with Crippen molar-refractivity contribution in [3.05, 3.63) is 77.7 Å². The minimum Gasteiger partial charge on any atom is -0.506 e. The number of benzene rings is 1. The van der Waals surface area contributed by atoms with Crippen molar-refractivity contribution in [1.82, 2.24) is 14.9 Å². The van der Waals surface area contributed by atoms with Crippen molar-refractivity contribution in [3.63, 3.8) is 0 Å². The third-order valence-electron chi connectivity index (χ3n) is 6.51. The standard InChI is InChI=1S/C25H25N5O2/c1-25(19-9-10-28-21(12-19)18-11-20(31)14-27-13-18)22(23(32)30(2)24(26)29-25)17-7-5-16(6-8-17)15-3-4-15/h5-15,22,31H,3-4H2,1-2H3,(H2,26,29)/t22-,25+/m0/s1. The summed E-state index contributed by atoms with van der Waals surface area (Å²) in [6.45, 7) is 1.93. The summed E-state index contributed by atoms with van der Waals surface area (Å²) in [5.74, 6) is 0.252. The second kappa shape index (κ2) is 7.44. The first-order chi connectivity index (χ1) is 15.4. The molecule has 3 aromatic rings. The average molecular weight is 428 g/mol. The van der Waals surface area contributed by atoms with Crippen LogP contribution in [0.5, 0.6) is 5.75 Å². The number of carbonyl (C=O) groups is 1. The fourth-order valence-corrected chi connectivity index (χ4v) is 4.47. The van der Waals surface area contributed by atoms with Gasteiger partial charge in [0, 0.05) is 25.0 Å². The van der Waals surface area contributed by atoms with Crippen molar-refractivity contribution in [2.24, 2.45) is 10.7 Å². The van der Waals surface area contributed by atoms with Gasteiger partial charge in [0.1, 0.15) is 11.3 Å². The monoisotopic (exact) mass is 427 g/mol. The van der Waals surface area contributed by atoms with Gasteiger partial charge in [0.15, 0.2) is 5.96 Å². The minimum atomic E-state index is -0.920. The molecule has 3 heterocycles. The van der Waals surface area contributed by atoms with Gasteiger partial charge < -0.3 is 10.8 Å². The topological polar surface area (TPSA) is 105 Å². The quantitative estimate of drug-likeness (QED) is 0.663. The van der Waals surface area contributed by atoms with Gasteiger partial charge in [0.05, 0.1) is 17.8 Å². The van der Waals surface area contributed by atoms with E-state index in [0.29, 0.717) is 17.2 Å². The van der Waals surface area contributed by atoms with Gasteiger partial charge in [-0.15, -0.1) is 0 Å². The number of hydrogen-bond donors (Lipinski definition) is 2. The molecule has 1 aliphatic carbocycles. The summed E-state index contributed by atoms with van der Waals surface area (Å²) < 4.78 is 0. The molecule has 3 N–H and O–H groups in total. The SMILES string of the molecule is CN1C(=O)[C@H](c2ccc(C3CC3)cc2)[C@@](C)(c2ccnc(-c3cncc(O)c3)c2)N=C1N. The lowest BCUT2D eigenvalue weighted by atomic mass is 9.74. The van der Waals surface area contributed by atoms with E-state index >= 15 is 0 Å². The molecule has 1 fully saturated rings. The second-order valence-corrected chi connectivity index (χ2v) is 8.75. The summed E-state index contributed by atoms with van der Waals surface area (Å²) in [6.07, 6.45) is 7.15. The number of amides is 1. The van der Waals surface area contributed by atoms with Crippen LogP contribution in [-0.4, -0.2) is 38.9 Å². The molecule has 2 atom stereocenters. The molecule has 1 aromatic carbocycles. The molecule has 162 valence electrons. The summed E-state index contributed by atoms with van der Waals surface area (Å²) >= 11 is 0. The van der Waals surface area contributed by atoms with Crippen molar-refractivity contribution in [2.45, 2.75) is 37.1 Å². The van der Waals surface area contributed by atoms with Crippen LogP contribution in [0.1, 0.15) is 48.3 Å². The first kappa shape index (κ1) is 20.2. The molecule has 5 rings (SSSR count). The zero-order valence-corrected chi connectivity index (χ0v) is 18.1. The highest BCUT2D eigenvalue weighted by atomic mass is 16.3. The number of aromatic hydroxyl groups is 1. The molecule has 1 amide bonds. The van der Waals surface area contributed by atoms with Crippen LogP contribution >= 0.6 is 0 Å². The maximum atomic E-state index is 13.5. The molecular weight excluding hydrogens is 402 g/mol. The van der Waals surface area contributed by atoms with Gasteiger partial charge in [0.2, 0.25) is 5.91 Å². The number of pyridine rings is 2. The van der Waals surface area contributed by atoms with Gasteiger partial charge in [-0.1, -0.05) is 24.3 Å². The van der Waals surface area contributed by atoms with E-state index in [4.69, 9.17) is 10.7 Å². The Hall–Kier alpha value is -3.74. The summed E-state index contributed by atoms with van der Waals surface area (Å²) in [4.78, 5) is 28.2. The molecule has 1 aliphatic heterocycles. The number of guanidine groups is 1. The van der Waals surface area contributed by atoms with Crippen molar-refractivity contribution in [2.75, 3.05) is 7.05 Å². The molecule has 2 aromatic heterocycles. The third kappa shape index (κ3) is 3.39. The molecule has 0 unspecified atom stereocenters. The number of rotatable bonds is 4. The molecule has 0 saturated heterocycles. The van der Waals surface area contributed by atoms with Gasteiger partial charge >= 0.3 is 0 Å². The van der Waals surface area contributed by atoms with E-state index < -0.39 is 11.5 Å². The molecule has 7 heteroatoms. The highest BCUT2D eigenvalue weighted by Gasteiger charge is 2.47. The van der Waals surface area contributed by atoms with Crippen molar-refractivity contribution >= 4 is 11.9 Å². The van der Waals surface area contributed by atoms with Crippen LogP contribution in [0.25, 0.3) is 11.3 Å². The van der Waals surface area contributed by atoms with Crippen molar-refractivity contribution in [1.29, 1.82) is 0 Å². The average Bonchev–Trinajstić information content (AvgIpc) is 3.64. The number of aromatic nitrogens is 2. The number of carbonyl (C=O) groups excluding carboxylic acids is 1. The van der Waals surface area contributed by atoms with Crippen LogP contribution < -0.4 is 5.73 Å². The number of nitrogens with zero attached hydrogens (tertiary/aromatic N) is 4.